The fraction of sp³-hybridized carbons (Fsp3) is 0.917. The second-order valence-electron chi connectivity index (χ2n) is 4.64. The molecular weight excluding hydrogens is 172 g/mol. The van der Waals surface area contributed by atoms with E-state index in [1.54, 1.807) is 0 Å². The largest absolute Gasteiger partial charge is 0.371 e. The molecule has 1 heterocycles. The molecule has 80 valence electrons. The predicted octanol–water partition coefficient (Wildman–Crippen LogP) is 2.74. The lowest BCUT2D eigenvalue weighted by molar-refractivity contribution is 0.519. The van der Waals surface area contributed by atoms with E-state index in [0.717, 1.165) is 12.5 Å². The summed E-state index contributed by atoms with van der Waals surface area (Å²) in [6.45, 7) is 3.33. The van der Waals surface area contributed by atoms with Gasteiger partial charge in [-0.2, -0.15) is 0 Å². The quantitative estimate of drug-likeness (QED) is 0.734. The highest BCUT2D eigenvalue weighted by Gasteiger charge is 2.30. The predicted molar refractivity (Wildman–Crippen MR) is 60.7 cm³/mol. The second-order valence-corrected chi connectivity index (χ2v) is 4.64. The van der Waals surface area contributed by atoms with Crippen LogP contribution in [0.25, 0.3) is 0 Å². The standard InChI is InChI=1S/C12H22N2/c1-2-11(10-7-8-10)14-12-6-4-3-5-9-13-12/h10-11H,2-9H2,1H3,(H,13,14). The highest BCUT2D eigenvalue weighted by atomic mass is 15.0. The Hall–Kier alpha value is -0.530. The molecule has 1 aliphatic heterocycles. The molecule has 0 radical (unpaired) electrons. The van der Waals surface area contributed by atoms with E-state index in [0.29, 0.717) is 6.04 Å². The van der Waals surface area contributed by atoms with E-state index in [1.807, 2.05) is 0 Å². The van der Waals surface area contributed by atoms with Gasteiger partial charge in [0, 0.05) is 19.0 Å². The molecule has 14 heavy (non-hydrogen) atoms. The minimum atomic E-state index is 0.715. The summed E-state index contributed by atoms with van der Waals surface area (Å²) < 4.78 is 0. The molecule has 0 aromatic heterocycles. The smallest absolute Gasteiger partial charge is 0.0965 e. The molecule has 2 nitrogen and oxygen atoms in total. The van der Waals surface area contributed by atoms with Crippen molar-refractivity contribution < 1.29 is 0 Å². The van der Waals surface area contributed by atoms with Crippen LogP contribution in [0.15, 0.2) is 4.99 Å². The molecule has 0 amide bonds. The molecule has 1 unspecified atom stereocenters. The Balaban J connectivity index is 1.83. The van der Waals surface area contributed by atoms with E-state index in [-0.39, 0.29) is 0 Å². The molecule has 1 N–H and O–H groups in total. The Kier molecular flexibility index (Phi) is 3.44. The Morgan fingerprint density at radius 1 is 1.36 bits per heavy atom. The van der Waals surface area contributed by atoms with Gasteiger partial charge >= 0.3 is 0 Å². The van der Waals surface area contributed by atoms with Crippen LogP contribution in [-0.2, 0) is 0 Å². The minimum Gasteiger partial charge on any atom is -0.371 e. The fourth-order valence-corrected chi connectivity index (χ4v) is 2.26. The lowest BCUT2D eigenvalue weighted by Crippen LogP contribution is -2.35. The fourth-order valence-electron chi connectivity index (χ4n) is 2.26. The van der Waals surface area contributed by atoms with Crippen LogP contribution < -0.4 is 5.32 Å². The molecule has 2 heteroatoms. The van der Waals surface area contributed by atoms with Crippen LogP contribution >= 0.6 is 0 Å². The van der Waals surface area contributed by atoms with E-state index >= 15 is 0 Å². The number of aliphatic imine (C=N–C) groups is 1. The Labute approximate surface area is 87.2 Å². The molecule has 1 atom stereocenters. The average molecular weight is 194 g/mol. The van der Waals surface area contributed by atoms with Gasteiger partial charge in [-0.15, -0.1) is 0 Å². The molecule has 0 aromatic carbocycles. The third kappa shape index (κ3) is 2.73. The lowest BCUT2D eigenvalue weighted by atomic mass is 10.1. The Morgan fingerprint density at radius 3 is 2.93 bits per heavy atom. The minimum absolute atomic E-state index is 0.715. The summed E-state index contributed by atoms with van der Waals surface area (Å²) in [5.41, 5.74) is 0. The van der Waals surface area contributed by atoms with Crippen LogP contribution in [0.3, 0.4) is 0 Å². The highest BCUT2D eigenvalue weighted by molar-refractivity contribution is 5.82. The van der Waals surface area contributed by atoms with Crippen molar-refractivity contribution in [1.82, 2.24) is 5.32 Å². The van der Waals surface area contributed by atoms with Crippen LogP contribution in [0.5, 0.6) is 0 Å². The van der Waals surface area contributed by atoms with E-state index < -0.39 is 0 Å². The third-order valence-corrected chi connectivity index (χ3v) is 3.36. The second kappa shape index (κ2) is 4.81. The molecule has 2 aliphatic rings. The van der Waals surface area contributed by atoms with Crippen molar-refractivity contribution in [3.05, 3.63) is 0 Å². The normalized spacial score (nSPS) is 25.1. The zero-order valence-electron chi connectivity index (χ0n) is 9.26. The third-order valence-electron chi connectivity index (χ3n) is 3.36. The van der Waals surface area contributed by atoms with Crippen molar-refractivity contribution in [3.63, 3.8) is 0 Å². The average Bonchev–Trinajstić information content (AvgIpc) is 3.01. The number of amidine groups is 1. The maximum Gasteiger partial charge on any atom is 0.0965 e. The SMILES string of the molecule is CCC(NC1=NCCCCC1)C1CC1. The van der Waals surface area contributed by atoms with E-state index in [2.05, 4.69) is 17.2 Å². The van der Waals surface area contributed by atoms with Gasteiger partial charge in [0.2, 0.25) is 0 Å². The summed E-state index contributed by atoms with van der Waals surface area (Å²) in [5.74, 6) is 2.24. The lowest BCUT2D eigenvalue weighted by Gasteiger charge is -2.18. The van der Waals surface area contributed by atoms with Crippen LogP contribution in [0.1, 0.15) is 51.9 Å². The number of nitrogens with zero attached hydrogens (tertiary/aromatic N) is 1. The van der Waals surface area contributed by atoms with E-state index in [4.69, 9.17) is 0 Å². The van der Waals surface area contributed by atoms with Gasteiger partial charge < -0.3 is 5.32 Å². The van der Waals surface area contributed by atoms with Gasteiger partial charge in [-0.1, -0.05) is 13.3 Å². The monoisotopic (exact) mass is 194 g/mol. The molecule has 0 aromatic rings. The Morgan fingerprint density at radius 2 is 2.21 bits per heavy atom. The zero-order chi connectivity index (χ0) is 9.80. The van der Waals surface area contributed by atoms with Gasteiger partial charge in [-0.25, -0.2) is 0 Å². The first-order valence-electron chi connectivity index (χ1n) is 6.20. The number of hydrogen-bond donors (Lipinski definition) is 1. The molecule has 0 spiro atoms. The summed E-state index contributed by atoms with van der Waals surface area (Å²) in [6.07, 6.45) is 9.26. The van der Waals surface area contributed by atoms with Crippen LogP contribution in [0, 0.1) is 5.92 Å². The van der Waals surface area contributed by atoms with Crippen LogP contribution in [0.2, 0.25) is 0 Å². The zero-order valence-corrected chi connectivity index (χ0v) is 9.26. The maximum absolute atomic E-state index is 4.63. The van der Waals surface area contributed by atoms with Crippen molar-refractivity contribution >= 4 is 5.84 Å². The molecule has 1 aliphatic carbocycles. The van der Waals surface area contributed by atoms with Gasteiger partial charge in [0.1, 0.15) is 0 Å². The van der Waals surface area contributed by atoms with Gasteiger partial charge in [0.25, 0.3) is 0 Å². The van der Waals surface area contributed by atoms with Crippen molar-refractivity contribution in [2.45, 2.75) is 57.9 Å². The number of nitrogens with one attached hydrogen (secondary N) is 1. The first-order chi connectivity index (χ1) is 6.90. The molecular formula is C12H22N2. The van der Waals surface area contributed by atoms with E-state index in [9.17, 15) is 0 Å². The summed E-state index contributed by atoms with van der Waals surface area (Å²) in [7, 11) is 0. The van der Waals surface area contributed by atoms with Crippen molar-refractivity contribution in [1.29, 1.82) is 0 Å². The van der Waals surface area contributed by atoms with Gasteiger partial charge in [0.15, 0.2) is 0 Å². The number of rotatable bonds is 3. The van der Waals surface area contributed by atoms with Crippen molar-refractivity contribution in [2.75, 3.05) is 6.54 Å². The summed E-state index contributed by atoms with van der Waals surface area (Å²) in [5, 5.41) is 3.66. The topological polar surface area (TPSA) is 24.4 Å². The highest BCUT2D eigenvalue weighted by Crippen LogP contribution is 2.34. The molecule has 2 rings (SSSR count). The molecule has 1 saturated carbocycles. The Bertz CT molecular complexity index is 206. The first-order valence-corrected chi connectivity index (χ1v) is 6.20. The molecule has 1 fully saturated rings. The van der Waals surface area contributed by atoms with Crippen LogP contribution in [0.4, 0.5) is 0 Å². The molecule has 0 bridgehead atoms. The summed E-state index contributed by atoms with van der Waals surface area (Å²) >= 11 is 0. The number of hydrogen-bond acceptors (Lipinski definition) is 2. The molecule has 0 saturated heterocycles. The van der Waals surface area contributed by atoms with Gasteiger partial charge in [-0.3, -0.25) is 4.99 Å². The van der Waals surface area contributed by atoms with Gasteiger partial charge in [-0.05, 0) is 38.0 Å². The summed E-state index contributed by atoms with van der Waals surface area (Å²) in [6, 6.07) is 0.715. The van der Waals surface area contributed by atoms with Crippen molar-refractivity contribution in [3.8, 4) is 0 Å². The van der Waals surface area contributed by atoms with E-state index in [1.165, 1.54) is 50.8 Å². The van der Waals surface area contributed by atoms with Gasteiger partial charge in [0.05, 0.1) is 5.84 Å². The first kappa shape index (κ1) is 10.0. The van der Waals surface area contributed by atoms with Crippen LogP contribution in [-0.4, -0.2) is 18.4 Å². The summed E-state index contributed by atoms with van der Waals surface area (Å²) in [4.78, 5) is 4.63. The maximum atomic E-state index is 4.63. The van der Waals surface area contributed by atoms with Crippen molar-refractivity contribution in [2.24, 2.45) is 10.9 Å².